The van der Waals surface area contributed by atoms with Crippen molar-refractivity contribution >= 4 is 18.0 Å². The summed E-state index contributed by atoms with van der Waals surface area (Å²) in [5.41, 5.74) is 5.79. The van der Waals surface area contributed by atoms with E-state index in [0.29, 0.717) is 12.1 Å². The van der Waals surface area contributed by atoms with Crippen LogP contribution in [-0.2, 0) is 16.1 Å². The van der Waals surface area contributed by atoms with Gasteiger partial charge >= 0.3 is 5.97 Å². The lowest BCUT2D eigenvalue weighted by atomic mass is 10.1. The summed E-state index contributed by atoms with van der Waals surface area (Å²) in [4.78, 5) is 24.5. The lowest BCUT2D eigenvalue weighted by Gasteiger charge is -2.14. The van der Waals surface area contributed by atoms with Gasteiger partial charge in [0, 0.05) is 23.6 Å². The molecule has 3 rings (SSSR count). The molecule has 1 aromatic heterocycles. The van der Waals surface area contributed by atoms with Crippen molar-refractivity contribution in [3.05, 3.63) is 87.7 Å². The first-order chi connectivity index (χ1) is 16.3. The molecule has 0 saturated heterocycles. The van der Waals surface area contributed by atoms with Gasteiger partial charge < -0.3 is 19.4 Å². The quantitative estimate of drug-likeness (QED) is 0.322. The van der Waals surface area contributed by atoms with Crippen molar-refractivity contribution in [2.24, 2.45) is 0 Å². The molecule has 1 amide bonds. The van der Waals surface area contributed by atoms with Crippen molar-refractivity contribution in [2.75, 3.05) is 14.2 Å². The van der Waals surface area contributed by atoms with Crippen molar-refractivity contribution in [1.29, 1.82) is 5.26 Å². The van der Waals surface area contributed by atoms with Crippen LogP contribution in [0.1, 0.15) is 38.4 Å². The fraction of sp³-hybridized carbons (Fsp3) is 0.222. The van der Waals surface area contributed by atoms with Gasteiger partial charge in [-0.1, -0.05) is 12.1 Å². The number of amides is 1. The number of ether oxygens (including phenoxy) is 2. The zero-order chi connectivity index (χ0) is 24.8. The van der Waals surface area contributed by atoms with Gasteiger partial charge in [-0.2, -0.15) is 5.26 Å². The van der Waals surface area contributed by atoms with E-state index in [-0.39, 0.29) is 5.57 Å². The minimum atomic E-state index is -0.443. The first-order valence-electron chi connectivity index (χ1n) is 10.7. The molecule has 34 heavy (non-hydrogen) atoms. The molecule has 2 aromatic carbocycles. The maximum Gasteiger partial charge on any atom is 0.337 e. The Morgan fingerprint density at radius 2 is 1.76 bits per heavy atom. The number of hydrogen-bond acceptors (Lipinski definition) is 5. The SMILES string of the molecule is COC(=O)c1ccc(-n2c(C)cc(/C=C(/C#N)C(=O)NCc3ccc(OC)cc3)c2C)c(C)c1. The van der Waals surface area contributed by atoms with Crippen molar-refractivity contribution in [1.82, 2.24) is 9.88 Å². The summed E-state index contributed by atoms with van der Waals surface area (Å²) in [5, 5.41) is 12.4. The summed E-state index contributed by atoms with van der Waals surface area (Å²) in [6.45, 7) is 6.10. The highest BCUT2D eigenvalue weighted by Gasteiger charge is 2.16. The van der Waals surface area contributed by atoms with Gasteiger partial charge in [-0.15, -0.1) is 0 Å². The van der Waals surface area contributed by atoms with Gasteiger partial charge in [-0.3, -0.25) is 4.79 Å². The van der Waals surface area contributed by atoms with Crippen LogP contribution < -0.4 is 10.1 Å². The highest BCUT2D eigenvalue weighted by molar-refractivity contribution is 6.01. The Hall–Kier alpha value is -4.31. The number of aryl methyl sites for hydroxylation is 2. The van der Waals surface area contributed by atoms with Gasteiger partial charge in [-0.05, 0) is 79.9 Å². The van der Waals surface area contributed by atoms with Crippen LogP contribution in [0.4, 0.5) is 0 Å². The van der Waals surface area contributed by atoms with E-state index < -0.39 is 11.9 Å². The number of nitrogens with one attached hydrogen (secondary N) is 1. The number of carbonyl (C=O) groups is 2. The molecule has 0 bridgehead atoms. The highest BCUT2D eigenvalue weighted by Crippen LogP contribution is 2.26. The van der Waals surface area contributed by atoms with Crippen molar-refractivity contribution < 1.29 is 19.1 Å². The molecule has 0 aliphatic rings. The molecular weight excluding hydrogens is 430 g/mol. The minimum absolute atomic E-state index is 0.0199. The average molecular weight is 458 g/mol. The molecule has 3 aromatic rings. The molecule has 0 saturated carbocycles. The number of esters is 1. The standard InChI is InChI=1S/C27H27N3O4/c1-17-12-21(27(32)34-5)8-11-25(17)30-18(2)13-22(19(30)3)14-23(15-28)26(31)29-16-20-6-9-24(33-4)10-7-20/h6-14H,16H2,1-5H3,(H,29,31)/b23-14-. The highest BCUT2D eigenvalue weighted by atomic mass is 16.5. The average Bonchev–Trinajstić information content (AvgIpc) is 3.13. The molecule has 0 radical (unpaired) electrons. The van der Waals surface area contributed by atoms with Crippen molar-refractivity contribution in [3.8, 4) is 17.5 Å². The fourth-order valence-corrected chi connectivity index (χ4v) is 3.78. The van der Waals surface area contributed by atoms with Crippen LogP contribution in [0.2, 0.25) is 0 Å². The molecular formula is C27H27N3O4. The van der Waals surface area contributed by atoms with Gasteiger partial charge in [0.1, 0.15) is 17.4 Å². The van der Waals surface area contributed by atoms with Gasteiger partial charge in [0.05, 0.1) is 19.8 Å². The second-order valence-corrected chi connectivity index (χ2v) is 7.86. The van der Waals surface area contributed by atoms with E-state index in [1.165, 1.54) is 7.11 Å². The largest absolute Gasteiger partial charge is 0.497 e. The van der Waals surface area contributed by atoms with E-state index in [1.54, 1.807) is 25.3 Å². The van der Waals surface area contributed by atoms with Crippen LogP contribution in [0.3, 0.4) is 0 Å². The summed E-state index contributed by atoms with van der Waals surface area (Å²) in [6, 6.07) is 16.6. The van der Waals surface area contributed by atoms with E-state index in [1.807, 2.05) is 67.8 Å². The van der Waals surface area contributed by atoms with E-state index in [4.69, 9.17) is 9.47 Å². The first kappa shape index (κ1) is 24.3. The molecule has 0 aliphatic heterocycles. The van der Waals surface area contributed by atoms with Gasteiger partial charge in [0.15, 0.2) is 0 Å². The number of methoxy groups -OCH3 is 2. The molecule has 7 nitrogen and oxygen atoms in total. The lowest BCUT2D eigenvalue weighted by Crippen LogP contribution is -2.23. The van der Waals surface area contributed by atoms with Crippen molar-refractivity contribution in [3.63, 3.8) is 0 Å². The van der Waals surface area contributed by atoms with Crippen LogP contribution in [0.15, 0.2) is 54.1 Å². The van der Waals surface area contributed by atoms with Gasteiger partial charge in [0.25, 0.3) is 5.91 Å². The van der Waals surface area contributed by atoms with E-state index in [0.717, 1.165) is 39.5 Å². The van der Waals surface area contributed by atoms with Gasteiger partial charge in [0.2, 0.25) is 0 Å². The maximum atomic E-state index is 12.7. The normalized spacial score (nSPS) is 11.0. The summed E-state index contributed by atoms with van der Waals surface area (Å²) in [7, 11) is 2.95. The predicted octanol–water partition coefficient (Wildman–Crippen LogP) is 4.42. The third-order valence-electron chi connectivity index (χ3n) is 5.61. The number of aromatic nitrogens is 1. The lowest BCUT2D eigenvalue weighted by molar-refractivity contribution is -0.117. The molecule has 1 N–H and O–H groups in total. The topological polar surface area (TPSA) is 93.4 Å². The molecule has 0 aliphatic carbocycles. The summed E-state index contributed by atoms with van der Waals surface area (Å²) in [5.74, 6) is -0.0986. The molecule has 0 unspecified atom stereocenters. The van der Waals surface area contributed by atoms with Crippen LogP contribution in [0, 0.1) is 32.1 Å². The van der Waals surface area contributed by atoms with Crippen molar-refractivity contribution in [2.45, 2.75) is 27.3 Å². The van der Waals surface area contributed by atoms with Gasteiger partial charge in [-0.25, -0.2) is 4.79 Å². The number of benzene rings is 2. The summed E-state index contributed by atoms with van der Waals surface area (Å²) in [6.07, 6.45) is 1.60. The van der Waals surface area contributed by atoms with E-state index in [9.17, 15) is 14.9 Å². The van der Waals surface area contributed by atoms with Crippen LogP contribution in [0.5, 0.6) is 5.75 Å². The predicted molar refractivity (Wildman–Crippen MR) is 130 cm³/mol. The summed E-state index contributed by atoms with van der Waals surface area (Å²) < 4.78 is 12.0. The Bertz CT molecular complexity index is 1290. The number of hydrogen-bond donors (Lipinski definition) is 1. The zero-order valence-corrected chi connectivity index (χ0v) is 19.9. The van der Waals surface area contributed by atoms with Crippen LogP contribution in [-0.4, -0.2) is 30.7 Å². The van der Waals surface area contributed by atoms with Crippen LogP contribution >= 0.6 is 0 Å². The number of nitrogens with zero attached hydrogens (tertiary/aromatic N) is 2. The third-order valence-corrected chi connectivity index (χ3v) is 5.61. The molecule has 1 heterocycles. The molecule has 174 valence electrons. The summed E-state index contributed by atoms with van der Waals surface area (Å²) >= 11 is 0. The Morgan fingerprint density at radius 3 is 2.35 bits per heavy atom. The molecule has 0 atom stereocenters. The Morgan fingerprint density at radius 1 is 1.06 bits per heavy atom. The molecule has 0 spiro atoms. The smallest absolute Gasteiger partial charge is 0.337 e. The van der Waals surface area contributed by atoms with Crippen LogP contribution in [0.25, 0.3) is 11.8 Å². The Balaban J connectivity index is 1.84. The van der Waals surface area contributed by atoms with E-state index in [2.05, 4.69) is 5.32 Å². The maximum absolute atomic E-state index is 12.7. The first-order valence-corrected chi connectivity index (χ1v) is 10.7. The Labute approximate surface area is 199 Å². The number of carbonyl (C=O) groups excluding carboxylic acids is 2. The molecule has 7 heteroatoms. The second-order valence-electron chi connectivity index (χ2n) is 7.86. The third kappa shape index (κ3) is 5.18. The second kappa shape index (κ2) is 10.5. The number of rotatable bonds is 7. The van der Waals surface area contributed by atoms with E-state index >= 15 is 0 Å². The minimum Gasteiger partial charge on any atom is -0.497 e. The zero-order valence-electron chi connectivity index (χ0n) is 19.9. The fourth-order valence-electron chi connectivity index (χ4n) is 3.78. The Kier molecular flexibility index (Phi) is 7.54. The number of nitriles is 1. The molecule has 0 fully saturated rings. The monoisotopic (exact) mass is 457 g/mol.